The minimum atomic E-state index is -0.532. The van der Waals surface area contributed by atoms with Gasteiger partial charge >= 0.3 is 6.03 Å². The van der Waals surface area contributed by atoms with Gasteiger partial charge in [0.15, 0.2) is 0 Å². The fourth-order valence-corrected chi connectivity index (χ4v) is 3.83. The molecule has 3 heterocycles. The van der Waals surface area contributed by atoms with Gasteiger partial charge in [-0.3, -0.25) is 9.89 Å². The molecule has 8 nitrogen and oxygen atoms in total. The third-order valence-corrected chi connectivity index (χ3v) is 5.18. The molecule has 2 aliphatic rings. The Hall–Kier alpha value is -3.03. The van der Waals surface area contributed by atoms with Crippen molar-refractivity contribution in [2.45, 2.75) is 45.1 Å². The molecule has 2 aromatic rings. The third kappa shape index (κ3) is 3.47. The number of amides is 3. The molecule has 1 aliphatic heterocycles. The maximum atomic E-state index is 12.8. The Labute approximate surface area is 156 Å². The quantitative estimate of drug-likeness (QED) is 0.644. The molecule has 0 fully saturated rings. The van der Waals surface area contributed by atoms with Crippen molar-refractivity contribution in [2.24, 2.45) is 0 Å². The molecular weight excluding hydrogens is 346 g/mol. The second-order valence-corrected chi connectivity index (χ2v) is 6.97. The Morgan fingerprint density at radius 1 is 1.37 bits per heavy atom. The largest absolute Gasteiger partial charge is 0.472 e. The third-order valence-electron chi connectivity index (χ3n) is 5.18. The van der Waals surface area contributed by atoms with E-state index in [1.54, 1.807) is 13.0 Å². The standard InChI is InChI=1S/C19H23N5O3/c1-11-16(17(22-19(26)21-11)12-7-9-27-10-12)18(25)20-8-6-15-13-4-2-3-5-14(13)23-24-15/h7,9-10,17H,2-6,8H2,1H3,(H,20,25)(H,23,24)(H2,21,22,26). The summed E-state index contributed by atoms with van der Waals surface area (Å²) in [6, 6.07) is 0.876. The zero-order valence-electron chi connectivity index (χ0n) is 15.2. The number of nitrogens with zero attached hydrogens (tertiary/aromatic N) is 1. The summed E-state index contributed by atoms with van der Waals surface area (Å²) in [6.45, 7) is 2.21. The number of fused-ring (bicyclic) bond motifs is 1. The number of allylic oxidation sites excluding steroid dienone is 1. The molecule has 2 aromatic heterocycles. The highest BCUT2D eigenvalue weighted by atomic mass is 16.3. The Balaban J connectivity index is 1.44. The van der Waals surface area contributed by atoms with Crippen LogP contribution in [-0.4, -0.2) is 28.7 Å². The molecule has 4 rings (SSSR count). The van der Waals surface area contributed by atoms with Crippen molar-refractivity contribution in [1.29, 1.82) is 0 Å². The van der Waals surface area contributed by atoms with Crippen LogP contribution >= 0.6 is 0 Å². The first-order valence-corrected chi connectivity index (χ1v) is 9.27. The molecule has 27 heavy (non-hydrogen) atoms. The molecule has 0 radical (unpaired) electrons. The lowest BCUT2D eigenvalue weighted by Crippen LogP contribution is -2.47. The van der Waals surface area contributed by atoms with Gasteiger partial charge in [0.25, 0.3) is 5.91 Å². The number of aryl methyl sites for hydroxylation is 1. The van der Waals surface area contributed by atoms with Gasteiger partial charge in [0, 0.05) is 29.9 Å². The molecule has 0 saturated carbocycles. The van der Waals surface area contributed by atoms with Gasteiger partial charge in [0.2, 0.25) is 0 Å². The highest BCUT2D eigenvalue weighted by Gasteiger charge is 2.31. The van der Waals surface area contributed by atoms with Crippen LogP contribution in [0.15, 0.2) is 34.3 Å². The number of rotatable bonds is 5. The molecule has 8 heteroatoms. The molecule has 0 spiro atoms. The molecule has 0 aromatic carbocycles. The van der Waals surface area contributed by atoms with Crippen molar-refractivity contribution in [2.75, 3.05) is 6.54 Å². The summed E-state index contributed by atoms with van der Waals surface area (Å²) in [6.07, 6.45) is 8.24. The Bertz CT molecular complexity index is 881. The molecular formula is C19H23N5O3. The number of hydrogen-bond acceptors (Lipinski definition) is 4. The first kappa shape index (κ1) is 17.4. The predicted octanol–water partition coefficient (Wildman–Crippen LogP) is 1.87. The van der Waals surface area contributed by atoms with E-state index in [9.17, 15) is 9.59 Å². The normalized spacial score (nSPS) is 19.3. The highest BCUT2D eigenvalue weighted by Crippen LogP contribution is 2.27. The lowest BCUT2D eigenvalue weighted by molar-refractivity contribution is -0.117. The molecule has 1 unspecified atom stereocenters. The Morgan fingerprint density at radius 2 is 2.22 bits per heavy atom. The number of carbonyl (C=O) groups is 2. The summed E-state index contributed by atoms with van der Waals surface area (Å²) in [5.74, 6) is -0.212. The van der Waals surface area contributed by atoms with Gasteiger partial charge in [0.05, 0.1) is 29.8 Å². The molecule has 3 amide bonds. The number of aromatic amines is 1. The maximum Gasteiger partial charge on any atom is 0.319 e. The molecule has 1 aliphatic carbocycles. The SMILES string of the molecule is CC1=C(C(=O)NCCc2n[nH]c3c2CCCC3)C(c2ccoc2)NC(=O)N1. The van der Waals surface area contributed by atoms with Crippen LogP contribution in [-0.2, 0) is 24.1 Å². The molecule has 0 bridgehead atoms. The number of H-pyrrole nitrogens is 1. The maximum absolute atomic E-state index is 12.8. The van der Waals surface area contributed by atoms with Gasteiger partial charge < -0.3 is 20.4 Å². The predicted molar refractivity (Wildman–Crippen MR) is 97.8 cm³/mol. The summed E-state index contributed by atoms with van der Waals surface area (Å²) in [4.78, 5) is 24.6. The minimum Gasteiger partial charge on any atom is -0.472 e. The van der Waals surface area contributed by atoms with E-state index < -0.39 is 6.04 Å². The summed E-state index contributed by atoms with van der Waals surface area (Å²) < 4.78 is 5.11. The van der Waals surface area contributed by atoms with Crippen LogP contribution in [0.3, 0.4) is 0 Å². The summed E-state index contributed by atoms with van der Waals surface area (Å²) in [7, 11) is 0. The highest BCUT2D eigenvalue weighted by molar-refractivity contribution is 5.98. The summed E-state index contributed by atoms with van der Waals surface area (Å²) >= 11 is 0. The van der Waals surface area contributed by atoms with Gasteiger partial charge in [-0.15, -0.1) is 0 Å². The van der Waals surface area contributed by atoms with Crippen LogP contribution in [0, 0.1) is 0 Å². The van der Waals surface area contributed by atoms with Crippen molar-refractivity contribution in [3.8, 4) is 0 Å². The van der Waals surface area contributed by atoms with E-state index in [2.05, 4.69) is 26.1 Å². The van der Waals surface area contributed by atoms with Crippen LogP contribution in [0.1, 0.15) is 48.3 Å². The van der Waals surface area contributed by atoms with E-state index in [-0.39, 0.29) is 11.9 Å². The van der Waals surface area contributed by atoms with Crippen LogP contribution in [0.4, 0.5) is 4.79 Å². The van der Waals surface area contributed by atoms with Crippen LogP contribution in [0.25, 0.3) is 0 Å². The fourth-order valence-electron chi connectivity index (χ4n) is 3.83. The number of hydrogen-bond donors (Lipinski definition) is 4. The Morgan fingerprint density at radius 3 is 3.04 bits per heavy atom. The zero-order chi connectivity index (χ0) is 18.8. The van der Waals surface area contributed by atoms with Crippen LogP contribution in [0.5, 0.6) is 0 Å². The lowest BCUT2D eigenvalue weighted by Gasteiger charge is -2.27. The Kier molecular flexibility index (Phi) is 4.70. The first-order chi connectivity index (χ1) is 13.1. The van der Waals surface area contributed by atoms with E-state index in [1.807, 2.05) is 0 Å². The van der Waals surface area contributed by atoms with Crippen molar-refractivity contribution in [1.82, 2.24) is 26.1 Å². The molecule has 1 atom stereocenters. The van der Waals surface area contributed by atoms with Crippen molar-refractivity contribution in [3.05, 3.63) is 52.4 Å². The average Bonchev–Trinajstić information content (AvgIpc) is 3.31. The van der Waals surface area contributed by atoms with Crippen LogP contribution in [0.2, 0.25) is 0 Å². The fraction of sp³-hybridized carbons (Fsp3) is 0.421. The van der Waals surface area contributed by atoms with Crippen LogP contribution < -0.4 is 16.0 Å². The number of aromatic nitrogens is 2. The topological polar surface area (TPSA) is 112 Å². The van der Waals surface area contributed by atoms with E-state index >= 15 is 0 Å². The zero-order valence-corrected chi connectivity index (χ0v) is 15.2. The molecule has 142 valence electrons. The van der Waals surface area contributed by atoms with E-state index in [4.69, 9.17) is 4.42 Å². The second-order valence-electron chi connectivity index (χ2n) is 6.97. The molecule has 4 N–H and O–H groups in total. The van der Waals surface area contributed by atoms with Crippen molar-refractivity contribution < 1.29 is 14.0 Å². The van der Waals surface area contributed by atoms with Gasteiger partial charge in [-0.1, -0.05) is 0 Å². The monoisotopic (exact) mass is 369 g/mol. The number of nitrogens with one attached hydrogen (secondary N) is 4. The van der Waals surface area contributed by atoms with Gasteiger partial charge in [0.1, 0.15) is 0 Å². The smallest absolute Gasteiger partial charge is 0.319 e. The number of urea groups is 1. The van der Waals surface area contributed by atoms with Crippen molar-refractivity contribution in [3.63, 3.8) is 0 Å². The van der Waals surface area contributed by atoms with Gasteiger partial charge in [-0.25, -0.2) is 4.79 Å². The van der Waals surface area contributed by atoms with Gasteiger partial charge in [-0.05, 0) is 44.2 Å². The second kappa shape index (κ2) is 7.30. The molecule has 0 saturated heterocycles. The summed E-state index contributed by atoms with van der Waals surface area (Å²) in [5.41, 5.74) is 5.35. The van der Waals surface area contributed by atoms with E-state index in [0.29, 0.717) is 24.2 Å². The average molecular weight is 369 g/mol. The van der Waals surface area contributed by atoms with Crippen molar-refractivity contribution >= 4 is 11.9 Å². The summed E-state index contributed by atoms with van der Waals surface area (Å²) in [5, 5.41) is 16.0. The minimum absolute atomic E-state index is 0.212. The number of carbonyl (C=O) groups excluding carboxylic acids is 2. The van der Waals surface area contributed by atoms with E-state index in [0.717, 1.165) is 24.1 Å². The first-order valence-electron chi connectivity index (χ1n) is 9.27. The van der Waals surface area contributed by atoms with E-state index in [1.165, 1.54) is 36.6 Å². The van der Waals surface area contributed by atoms with Gasteiger partial charge in [-0.2, -0.15) is 5.10 Å². The number of furan rings is 1. The lowest BCUT2D eigenvalue weighted by atomic mass is 9.95.